The summed E-state index contributed by atoms with van der Waals surface area (Å²) in [7, 11) is 0. The number of aliphatic hydroxyl groups is 1. The second kappa shape index (κ2) is 6.67. The molecular formula is C13H22O2. The van der Waals surface area contributed by atoms with Crippen molar-refractivity contribution in [1.82, 2.24) is 0 Å². The Morgan fingerprint density at radius 2 is 2.00 bits per heavy atom. The van der Waals surface area contributed by atoms with Crippen LogP contribution in [-0.4, -0.2) is 5.11 Å². The van der Waals surface area contributed by atoms with Crippen LogP contribution in [0.1, 0.15) is 62.9 Å². The fourth-order valence-electron chi connectivity index (χ4n) is 1.84. The van der Waals surface area contributed by atoms with Crippen LogP contribution in [0.2, 0.25) is 0 Å². The Hall–Kier alpha value is -0.760. The molecule has 1 aromatic heterocycles. The Balaban J connectivity index is 2.19. The molecule has 86 valence electrons. The van der Waals surface area contributed by atoms with E-state index < -0.39 is 0 Å². The van der Waals surface area contributed by atoms with E-state index in [4.69, 9.17) is 4.42 Å². The van der Waals surface area contributed by atoms with Crippen LogP contribution >= 0.6 is 0 Å². The first-order valence-corrected chi connectivity index (χ1v) is 5.97. The molecule has 1 aromatic rings. The Labute approximate surface area is 92.3 Å². The maximum Gasteiger partial charge on any atom is 0.106 e. The van der Waals surface area contributed by atoms with Crippen LogP contribution in [0, 0.1) is 6.92 Å². The summed E-state index contributed by atoms with van der Waals surface area (Å²) in [5.74, 6) is 0.844. The highest BCUT2D eigenvalue weighted by atomic mass is 16.3. The molecule has 0 saturated heterocycles. The summed E-state index contributed by atoms with van der Waals surface area (Å²) in [5.41, 5.74) is 0.950. The molecule has 0 radical (unpaired) electrons. The quantitative estimate of drug-likeness (QED) is 0.690. The molecule has 0 amide bonds. The Morgan fingerprint density at radius 3 is 2.60 bits per heavy atom. The predicted molar refractivity (Wildman–Crippen MR) is 61.8 cm³/mol. The molecule has 1 rings (SSSR count). The van der Waals surface area contributed by atoms with Crippen molar-refractivity contribution in [2.24, 2.45) is 0 Å². The number of aliphatic hydroxyl groups excluding tert-OH is 1. The van der Waals surface area contributed by atoms with Gasteiger partial charge in [-0.25, -0.2) is 0 Å². The van der Waals surface area contributed by atoms with Gasteiger partial charge < -0.3 is 9.52 Å². The van der Waals surface area contributed by atoms with Gasteiger partial charge >= 0.3 is 0 Å². The zero-order valence-corrected chi connectivity index (χ0v) is 9.83. The van der Waals surface area contributed by atoms with Crippen LogP contribution in [0.3, 0.4) is 0 Å². The molecule has 0 saturated carbocycles. The molecular weight excluding hydrogens is 188 g/mol. The molecule has 0 aliphatic heterocycles. The van der Waals surface area contributed by atoms with Crippen LogP contribution in [-0.2, 0) is 0 Å². The normalized spacial score (nSPS) is 13.0. The van der Waals surface area contributed by atoms with Crippen LogP contribution < -0.4 is 0 Å². The molecule has 1 heterocycles. The highest BCUT2D eigenvalue weighted by Gasteiger charge is 2.11. The van der Waals surface area contributed by atoms with Crippen LogP contribution in [0.5, 0.6) is 0 Å². The van der Waals surface area contributed by atoms with Crippen molar-refractivity contribution in [2.75, 3.05) is 0 Å². The highest BCUT2D eigenvalue weighted by Crippen LogP contribution is 2.23. The van der Waals surface area contributed by atoms with Gasteiger partial charge in [-0.05, 0) is 19.4 Å². The van der Waals surface area contributed by atoms with Crippen LogP contribution in [0.15, 0.2) is 16.7 Å². The van der Waals surface area contributed by atoms with E-state index in [0.29, 0.717) is 0 Å². The molecule has 0 aromatic carbocycles. The van der Waals surface area contributed by atoms with E-state index in [2.05, 4.69) is 6.92 Å². The van der Waals surface area contributed by atoms with Crippen molar-refractivity contribution in [1.29, 1.82) is 0 Å². The first-order valence-electron chi connectivity index (χ1n) is 5.97. The van der Waals surface area contributed by atoms with E-state index in [-0.39, 0.29) is 6.10 Å². The van der Waals surface area contributed by atoms with E-state index in [9.17, 15) is 5.11 Å². The third-order valence-electron chi connectivity index (χ3n) is 2.84. The first-order chi connectivity index (χ1) is 7.25. The van der Waals surface area contributed by atoms with Gasteiger partial charge in [0.2, 0.25) is 0 Å². The van der Waals surface area contributed by atoms with Gasteiger partial charge in [0.05, 0.1) is 12.4 Å². The van der Waals surface area contributed by atoms with Crippen LogP contribution in [0.25, 0.3) is 0 Å². The largest absolute Gasteiger partial charge is 0.469 e. The van der Waals surface area contributed by atoms with E-state index in [1.54, 1.807) is 6.26 Å². The lowest BCUT2D eigenvalue weighted by atomic mass is 10.0. The predicted octanol–water partition coefficient (Wildman–Crippen LogP) is 3.98. The lowest BCUT2D eigenvalue weighted by Gasteiger charge is -2.09. The van der Waals surface area contributed by atoms with E-state index in [1.807, 2.05) is 13.0 Å². The van der Waals surface area contributed by atoms with Crippen molar-refractivity contribution in [3.05, 3.63) is 23.7 Å². The van der Waals surface area contributed by atoms with Crippen molar-refractivity contribution in [3.63, 3.8) is 0 Å². The summed E-state index contributed by atoms with van der Waals surface area (Å²) in [5, 5.41) is 9.89. The van der Waals surface area contributed by atoms with Crippen molar-refractivity contribution in [2.45, 2.75) is 58.5 Å². The number of rotatable bonds is 7. The molecule has 0 aliphatic carbocycles. The zero-order chi connectivity index (χ0) is 11.1. The van der Waals surface area contributed by atoms with Crippen molar-refractivity contribution >= 4 is 0 Å². The minimum atomic E-state index is -0.342. The maximum absolute atomic E-state index is 9.89. The Kier molecular flexibility index (Phi) is 5.48. The molecule has 0 fully saturated rings. The number of hydrogen-bond donors (Lipinski definition) is 1. The third kappa shape index (κ3) is 4.08. The first kappa shape index (κ1) is 12.3. The lowest BCUT2D eigenvalue weighted by Crippen LogP contribution is -1.97. The van der Waals surface area contributed by atoms with E-state index in [1.165, 1.54) is 25.7 Å². The van der Waals surface area contributed by atoms with Crippen LogP contribution in [0.4, 0.5) is 0 Å². The Bertz CT molecular complexity index is 265. The molecule has 1 atom stereocenters. The number of unbranched alkanes of at least 4 members (excludes halogenated alkanes) is 4. The summed E-state index contributed by atoms with van der Waals surface area (Å²) >= 11 is 0. The third-order valence-corrected chi connectivity index (χ3v) is 2.84. The fourth-order valence-corrected chi connectivity index (χ4v) is 1.84. The number of furan rings is 1. The second-order valence-corrected chi connectivity index (χ2v) is 4.15. The molecule has 0 bridgehead atoms. The number of hydrogen-bond acceptors (Lipinski definition) is 2. The van der Waals surface area contributed by atoms with Gasteiger partial charge in [0.1, 0.15) is 5.76 Å². The number of aryl methyl sites for hydroxylation is 1. The van der Waals surface area contributed by atoms with Gasteiger partial charge in [-0.1, -0.05) is 39.0 Å². The summed E-state index contributed by atoms with van der Waals surface area (Å²) in [6, 6.07) is 1.87. The van der Waals surface area contributed by atoms with Crippen molar-refractivity contribution < 1.29 is 9.52 Å². The molecule has 0 spiro atoms. The maximum atomic E-state index is 9.89. The van der Waals surface area contributed by atoms with Gasteiger partial charge in [0.15, 0.2) is 0 Å². The summed E-state index contributed by atoms with van der Waals surface area (Å²) < 4.78 is 5.17. The lowest BCUT2D eigenvalue weighted by molar-refractivity contribution is 0.161. The molecule has 2 heteroatoms. The molecule has 0 aliphatic rings. The smallest absolute Gasteiger partial charge is 0.106 e. The van der Waals surface area contributed by atoms with E-state index in [0.717, 1.165) is 24.2 Å². The van der Waals surface area contributed by atoms with Gasteiger partial charge in [0.25, 0.3) is 0 Å². The van der Waals surface area contributed by atoms with Gasteiger partial charge in [0, 0.05) is 5.56 Å². The van der Waals surface area contributed by atoms with Crippen molar-refractivity contribution in [3.8, 4) is 0 Å². The minimum absolute atomic E-state index is 0.342. The average molecular weight is 210 g/mol. The second-order valence-electron chi connectivity index (χ2n) is 4.15. The monoisotopic (exact) mass is 210 g/mol. The molecule has 1 unspecified atom stereocenters. The SMILES string of the molecule is CCCCCCCC(O)c1ccoc1C. The topological polar surface area (TPSA) is 33.4 Å². The zero-order valence-electron chi connectivity index (χ0n) is 9.83. The fraction of sp³-hybridized carbons (Fsp3) is 0.692. The molecule has 1 N–H and O–H groups in total. The molecule has 2 nitrogen and oxygen atoms in total. The highest BCUT2D eigenvalue weighted by molar-refractivity contribution is 5.18. The van der Waals surface area contributed by atoms with Gasteiger partial charge in [-0.2, -0.15) is 0 Å². The summed E-state index contributed by atoms with van der Waals surface area (Å²) in [6.07, 6.45) is 8.34. The summed E-state index contributed by atoms with van der Waals surface area (Å²) in [6.45, 7) is 4.11. The molecule has 15 heavy (non-hydrogen) atoms. The summed E-state index contributed by atoms with van der Waals surface area (Å²) in [4.78, 5) is 0. The van der Waals surface area contributed by atoms with E-state index >= 15 is 0 Å². The Morgan fingerprint density at radius 1 is 1.27 bits per heavy atom. The van der Waals surface area contributed by atoms with Gasteiger partial charge in [-0.3, -0.25) is 0 Å². The van der Waals surface area contributed by atoms with Gasteiger partial charge in [-0.15, -0.1) is 0 Å². The standard InChI is InChI=1S/C13H22O2/c1-3-4-5-6-7-8-13(14)12-9-10-15-11(12)2/h9-10,13-14H,3-8H2,1-2H3. The minimum Gasteiger partial charge on any atom is -0.469 e. The average Bonchev–Trinajstić information content (AvgIpc) is 2.64.